The zero-order valence-electron chi connectivity index (χ0n) is 15.1. The highest BCUT2D eigenvalue weighted by Crippen LogP contribution is 2.46. The van der Waals surface area contributed by atoms with E-state index in [1.54, 1.807) is 17.9 Å². The van der Waals surface area contributed by atoms with Crippen LogP contribution in [0.2, 0.25) is 0 Å². The molecule has 2 atom stereocenters. The number of carbonyl (C=O) groups is 2. The number of carbonyl (C=O) groups excluding carboxylic acids is 2. The van der Waals surface area contributed by atoms with E-state index >= 15 is 0 Å². The van der Waals surface area contributed by atoms with Crippen molar-refractivity contribution < 1.29 is 18.8 Å². The number of rotatable bonds is 6. The first kappa shape index (κ1) is 18.4. The average Bonchev–Trinajstić information content (AvgIpc) is 2.93. The molecule has 1 fully saturated rings. The van der Waals surface area contributed by atoms with Crippen LogP contribution in [0.25, 0.3) is 0 Å². The number of amides is 2. The lowest BCUT2D eigenvalue weighted by Crippen LogP contribution is -2.64. The zero-order valence-corrected chi connectivity index (χ0v) is 15.1. The second-order valence-electron chi connectivity index (χ2n) is 6.79. The van der Waals surface area contributed by atoms with Gasteiger partial charge in [-0.1, -0.05) is 25.9 Å². The predicted molar refractivity (Wildman–Crippen MR) is 89.5 cm³/mol. The maximum absolute atomic E-state index is 12.6. The lowest BCUT2D eigenvalue weighted by Gasteiger charge is -2.55. The third-order valence-electron chi connectivity index (χ3n) is 4.66. The van der Waals surface area contributed by atoms with E-state index in [2.05, 4.69) is 24.3 Å². The molecule has 0 aromatic carbocycles. The number of anilines is 1. The van der Waals surface area contributed by atoms with Crippen molar-refractivity contribution in [2.75, 3.05) is 18.5 Å². The minimum atomic E-state index is -0.688. The second kappa shape index (κ2) is 7.34. The van der Waals surface area contributed by atoms with Gasteiger partial charge in [0, 0.05) is 30.7 Å². The molecule has 1 aliphatic rings. The van der Waals surface area contributed by atoms with Gasteiger partial charge >= 0.3 is 11.8 Å². The van der Waals surface area contributed by atoms with Crippen LogP contribution in [0.5, 0.6) is 0 Å². The first-order valence-electron chi connectivity index (χ1n) is 8.48. The van der Waals surface area contributed by atoms with Crippen LogP contribution in [0.1, 0.15) is 46.3 Å². The van der Waals surface area contributed by atoms with E-state index in [9.17, 15) is 9.59 Å². The van der Waals surface area contributed by atoms with Gasteiger partial charge in [0.25, 0.3) is 0 Å². The molecule has 1 saturated carbocycles. The fourth-order valence-corrected chi connectivity index (χ4v) is 3.24. The maximum atomic E-state index is 12.6. The number of nitrogens with zero attached hydrogens (tertiary/aromatic N) is 2. The quantitative estimate of drug-likeness (QED) is 0.806. The molecule has 134 valence electrons. The molecule has 0 spiro atoms. The molecule has 2 amide bonds. The summed E-state index contributed by atoms with van der Waals surface area (Å²) in [4.78, 5) is 26.6. The fraction of sp³-hybridized carbons (Fsp3) is 0.706. The van der Waals surface area contributed by atoms with E-state index in [4.69, 9.17) is 9.26 Å². The smallest absolute Gasteiger partial charge is 0.315 e. The van der Waals surface area contributed by atoms with Crippen LogP contribution in [0.3, 0.4) is 0 Å². The Morgan fingerprint density at radius 2 is 2.17 bits per heavy atom. The van der Waals surface area contributed by atoms with E-state index in [-0.39, 0.29) is 23.4 Å². The van der Waals surface area contributed by atoms with Gasteiger partial charge in [0.2, 0.25) is 0 Å². The highest BCUT2D eigenvalue weighted by atomic mass is 16.5. The third kappa shape index (κ3) is 3.61. The van der Waals surface area contributed by atoms with E-state index in [0.29, 0.717) is 18.9 Å². The molecule has 0 unspecified atom stereocenters. The van der Waals surface area contributed by atoms with Crippen LogP contribution in [0.15, 0.2) is 10.6 Å². The van der Waals surface area contributed by atoms with Crippen LogP contribution in [0.4, 0.5) is 5.82 Å². The van der Waals surface area contributed by atoms with Gasteiger partial charge in [-0.25, -0.2) is 0 Å². The molecule has 1 heterocycles. The lowest BCUT2D eigenvalue weighted by molar-refractivity contribution is -0.169. The van der Waals surface area contributed by atoms with Gasteiger partial charge in [0.1, 0.15) is 5.76 Å². The van der Waals surface area contributed by atoms with Crippen molar-refractivity contribution in [3.05, 3.63) is 11.8 Å². The monoisotopic (exact) mass is 337 g/mol. The first-order chi connectivity index (χ1) is 11.3. The number of hydrogen-bond donors (Lipinski definition) is 1. The Balaban J connectivity index is 2.06. The van der Waals surface area contributed by atoms with Gasteiger partial charge in [-0.3, -0.25) is 14.9 Å². The van der Waals surface area contributed by atoms with Crippen LogP contribution in [0, 0.1) is 12.3 Å². The lowest BCUT2D eigenvalue weighted by atomic mass is 9.63. The molecule has 0 aliphatic heterocycles. The van der Waals surface area contributed by atoms with Crippen LogP contribution in [-0.4, -0.2) is 47.2 Å². The summed E-state index contributed by atoms with van der Waals surface area (Å²) in [7, 11) is 0. The normalized spacial score (nSPS) is 21.9. The molecule has 1 aromatic heterocycles. The van der Waals surface area contributed by atoms with Crippen molar-refractivity contribution in [2.24, 2.45) is 5.41 Å². The topological polar surface area (TPSA) is 84.7 Å². The van der Waals surface area contributed by atoms with Crippen molar-refractivity contribution in [2.45, 2.75) is 59.6 Å². The van der Waals surface area contributed by atoms with Gasteiger partial charge in [0.05, 0.1) is 6.10 Å². The van der Waals surface area contributed by atoms with Crippen LogP contribution in [-0.2, 0) is 14.3 Å². The van der Waals surface area contributed by atoms with Gasteiger partial charge in [-0.15, -0.1) is 0 Å². The molecule has 24 heavy (non-hydrogen) atoms. The largest absolute Gasteiger partial charge is 0.378 e. The summed E-state index contributed by atoms with van der Waals surface area (Å²) < 4.78 is 10.6. The Morgan fingerprint density at radius 3 is 2.67 bits per heavy atom. The average molecular weight is 337 g/mol. The molecule has 1 aliphatic carbocycles. The Labute approximate surface area is 142 Å². The summed E-state index contributed by atoms with van der Waals surface area (Å²) in [6, 6.07) is 1.57. The predicted octanol–water partition coefficient (Wildman–Crippen LogP) is 2.36. The summed E-state index contributed by atoms with van der Waals surface area (Å²) in [5, 5.41) is 6.19. The van der Waals surface area contributed by atoms with E-state index in [1.807, 2.05) is 13.8 Å². The molecular formula is C17H27N3O4. The Hall–Kier alpha value is -1.89. The first-order valence-corrected chi connectivity index (χ1v) is 8.48. The van der Waals surface area contributed by atoms with Crippen molar-refractivity contribution in [1.29, 1.82) is 0 Å². The standard InChI is InChI=1S/C17H27N3O4/c1-6-8-20(12-10-13(23-7-2)17(12,4)5)16(22)15(21)18-14-9-11(3)24-19-14/h9,12-13H,6-8,10H2,1-5H3,(H,18,19,21)/t12-,13+/m1/s1. The second-order valence-corrected chi connectivity index (χ2v) is 6.79. The minimum absolute atomic E-state index is 0.00806. The Kier molecular flexibility index (Phi) is 5.64. The number of aromatic nitrogens is 1. The van der Waals surface area contributed by atoms with Gasteiger partial charge in [-0.2, -0.15) is 0 Å². The van der Waals surface area contributed by atoms with Crippen LogP contribution >= 0.6 is 0 Å². The number of ether oxygens (including phenoxy) is 1. The maximum Gasteiger partial charge on any atom is 0.315 e. The Morgan fingerprint density at radius 1 is 1.46 bits per heavy atom. The van der Waals surface area contributed by atoms with E-state index < -0.39 is 11.8 Å². The molecule has 0 radical (unpaired) electrons. The number of aryl methyl sites for hydroxylation is 1. The van der Waals surface area contributed by atoms with Crippen molar-refractivity contribution in [3.8, 4) is 0 Å². The molecule has 7 heteroatoms. The summed E-state index contributed by atoms with van der Waals surface area (Å²) in [5.41, 5.74) is -0.175. The fourth-order valence-electron chi connectivity index (χ4n) is 3.24. The van der Waals surface area contributed by atoms with E-state index in [1.165, 1.54) is 0 Å². The zero-order chi connectivity index (χ0) is 17.9. The van der Waals surface area contributed by atoms with Gasteiger partial charge in [-0.05, 0) is 26.7 Å². The molecule has 1 aromatic rings. The minimum Gasteiger partial charge on any atom is -0.378 e. The summed E-state index contributed by atoms with van der Waals surface area (Å²) in [6.07, 6.45) is 1.65. The number of hydrogen-bond acceptors (Lipinski definition) is 5. The third-order valence-corrected chi connectivity index (χ3v) is 4.66. The van der Waals surface area contributed by atoms with Crippen molar-refractivity contribution in [3.63, 3.8) is 0 Å². The van der Waals surface area contributed by atoms with Crippen molar-refractivity contribution in [1.82, 2.24) is 10.1 Å². The molecule has 7 nitrogen and oxygen atoms in total. The SMILES string of the molecule is CCCN(C(=O)C(=O)Nc1cc(C)on1)[C@@H]1C[C@H](OCC)C1(C)C. The summed E-state index contributed by atoms with van der Waals surface area (Å²) in [6.45, 7) is 11.0. The van der Waals surface area contributed by atoms with Gasteiger partial charge in [0.15, 0.2) is 5.82 Å². The van der Waals surface area contributed by atoms with Crippen LogP contribution < -0.4 is 5.32 Å². The summed E-state index contributed by atoms with van der Waals surface area (Å²) in [5.74, 6) is -0.400. The highest BCUT2D eigenvalue weighted by molar-refractivity contribution is 6.39. The summed E-state index contributed by atoms with van der Waals surface area (Å²) >= 11 is 0. The molecule has 1 N–H and O–H groups in total. The highest BCUT2D eigenvalue weighted by Gasteiger charge is 2.53. The molecule has 2 rings (SSSR count). The molecular weight excluding hydrogens is 310 g/mol. The molecule has 0 saturated heterocycles. The van der Waals surface area contributed by atoms with Gasteiger partial charge < -0.3 is 14.2 Å². The molecule has 0 bridgehead atoms. The number of nitrogens with one attached hydrogen (secondary N) is 1. The Bertz CT molecular complexity index is 596. The van der Waals surface area contributed by atoms with E-state index in [0.717, 1.165) is 12.8 Å². The van der Waals surface area contributed by atoms with Crippen molar-refractivity contribution >= 4 is 17.6 Å².